The molecule has 0 N–H and O–H groups in total. The molecule has 1 aliphatic heterocycles. The first-order chi connectivity index (χ1) is 8.24. The largest absolute Gasteiger partial charge is 0.353 e. The maximum Gasteiger partial charge on any atom is 0.157 e. The number of ether oxygens (including phenoxy) is 2. The van der Waals surface area contributed by atoms with Crippen LogP contribution in [0.1, 0.15) is 52.4 Å². The zero-order valence-electron chi connectivity index (χ0n) is 11.3. The number of hydrogen-bond acceptors (Lipinski definition) is 2. The monoisotopic (exact) mass is 354 g/mol. The van der Waals surface area contributed by atoms with Gasteiger partial charge in [-0.3, -0.25) is 0 Å². The average molecular weight is 354 g/mol. The second-order valence-corrected chi connectivity index (χ2v) is 6.20. The van der Waals surface area contributed by atoms with Crippen LogP contribution in [-0.2, 0) is 9.47 Å². The fourth-order valence-corrected chi connectivity index (χ4v) is 3.61. The van der Waals surface area contributed by atoms with Crippen LogP contribution in [0.15, 0.2) is 0 Å². The van der Waals surface area contributed by atoms with Crippen LogP contribution >= 0.6 is 22.6 Å². The molecular weight excluding hydrogens is 327 g/mol. The Morgan fingerprint density at radius 2 is 2.12 bits per heavy atom. The molecule has 1 rings (SSSR count). The van der Waals surface area contributed by atoms with Gasteiger partial charge < -0.3 is 9.47 Å². The molecule has 0 aliphatic carbocycles. The van der Waals surface area contributed by atoms with Crippen LogP contribution in [0.5, 0.6) is 0 Å². The van der Waals surface area contributed by atoms with Gasteiger partial charge in [-0.05, 0) is 43.9 Å². The predicted octanol–water partition coefficient (Wildman–Crippen LogP) is 4.41. The molecule has 2 unspecified atom stereocenters. The van der Waals surface area contributed by atoms with Crippen LogP contribution in [0.4, 0.5) is 0 Å². The Morgan fingerprint density at radius 1 is 1.29 bits per heavy atom. The highest BCUT2D eigenvalue weighted by Gasteiger charge is 2.14. The van der Waals surface area contributed by atoms with Gasteiger partial charge in [0, 0.05) is 17.6 Å². The lowest BCUT2D eigenvalue weighted by Gasteiger charge is -2.23. The molecule has 0 aromatic rings. The van der Waals surface area contributed by atoms with E-state index < -0.39 is 0 Å². The highest BCUT2D eigenvalue weighted by Crippen LogP contribution is 2.21. The first-order valence-corrected chi connectivity index (χ1v) is 8.55. The third kappa shape index (κ3) is 6.97. The zero-order chi connectivity index (χ0) is 12.5. The van der Waals surface area contributed by atoms with Crippen molar-refractivity contribution in [2.75, 3.05) is 17.6 Å². The van der Waals surface area contributed by atoms with E-state index in [1.165, 1.54) is 36.5 Å². The van der Waals surface area contributed by atoms with E-state index in [2.05, 4.69) is 36.4 Å². The Labute approximate surface area is 120 Å². The van der Waals surface area contributed by atoms with Crippen molar-refractivity contribution in [2.45, 2.75) is 58.7 Å². The van der Waals surface area contributed by atoms with Crippen molar-refractivity contribution in [1.29, 1.82) is 0 Å². The molecule has 17 heavy (non-hydrogen) atoms. The summed E-state index contributed by atoms with van der Waals surface area (Å²) in [4.78, 5) is 0. The smallest absolute Gasteiger partial charge is 0.157 e. The molecule has 2 nitrogen and oxygen atoms in total. The molecule has 1 fully saturated rings. The maximum absolute atomic E-state index is 5.73. The molecule has 2 atom stereocenters. The minimum Gasteiger partial charge on any atom is -0.353 e. The van der Waals surface area contributed by atoms with Gasteiger partial charge in [0.2, 0.25) is 0 Å². The summed E-state index contributed by atoms with van der Waals surface area (Å²) in [7, 11) is 0. The van der Waals surface area contributed by atoms with E-state index in [0.29, 0.717) is 0 Å². The first kappa shape index (κ1) is 15.7. The normalized spacial score (nSPS) is 22.9. The van der Waals surface area contributed by atoms with Crippen molar-refractivity contribution >= 4 is 22.6 Å². The van der Waals surface area contributed by atoms with Crippen molar-refractivity contribution in [2.24, 2.45) is 11.8 Å². The van der Waals surface area contributed by atoms with Crippen LogP contribution in [0, 0.1) is 11.8 Å². The lowest BCUT2D eigenvalue weighted by atomic mass is 9.93. The van der Waals surface area contributed by atoms with Gasteiger partial charge in [0.15, 0.2) is 6.29 Å². The standard InChI is InChI=1S/C14H27IO2/c1-12(2)13(11-15)7-3-5-9-16-14-8-4-6-10-17-14/h12-14H,3-11H2,1-2H3. The molecule has 0 aromatic carbocycles. The second kappa shape index (κ2) is 9.56. The minimum absolute atomic E-state index is 0.0919. The second-order valence-electron chi connectivity index (χ2n) is 5.32. The lowest BCUT2D eigenvalue weighted by Crippen LogP contribution is -2.22. The van der Waals surface area contributed by atoms with Crippen molar-refractivity contribution in [1.82, 2.24) is 0 Å². The topological polar surface area (TPSA) is 18.5 Å². The van der Waals surface area contributed by atoms with Gasteiger partial charge in [0.1, 0.15) is 0 Å². The molecule has 102 valence electrons. The van der Waals surface area contributed by atoms with E-state index in [1.807, 2.05) is 0 Å². The van der Waals surface area contributed by atoms with E-state index in [4.69, 9.17) is 9.47 Å². The summed E-state index contributed by atoms with van der Waals surface area (Å²) in [5.74, 6) is 1.69. The van der Waals surface area contributed by atoms with Crippen LogP contribution < -0.4 is 0 Å². The minimum atomic E-state index is 0.0919. The van der Waals surface area contributed by atoms with Crippen molar-refractivity contribution in [3.8, 4) is 0 Å². The molecule has 0 bridgehead atoms. The Hall–Kier alpha value is 0.650. The average Bonchev–Trinajstić information content (AvgIpc) is 2.34. The zero-order valence-corrected chi connectivity index (χ0v) is 13.4. The summed E-state index contributed by atoms with van der Waals surface area (Å²) in [6.45, 7) is 6.41. The lowest BCUT2D eigenvalue weighted by molar-refractivity contribution is -0.162. The summed E-state index contributed by atoms with van der Waals surface area (Å²) in [6.07, 6.45) is 7.45. The van der Waals surface area contributed by atoms with Crippen LogP contribution in [0.2, 0.25) is 0 Å². The first-order valence-electron chi connectivity index (χ1n) is 7.03. The Bertz CT molecular complexity index is 179. The molecule has 0 radical (unpaired) electrons. The third-order valence-corrected chi connectivity index (χ3v) is 4.68. The number of hydrogen-bond donors (Lipinski definition) is 0. The molecule has 1 aliphatic rings. The number of halogens is 1. The Kier molecular flexibility index (Phi) is 8.84. The Balaban J connectivity index is 1.96. The fraction of sp³-hybridized carbons (Fsp3) is 1.00. The molecule has 0 amide bonds. The van der Waals surface area contributed by atoms with Crippen LogP contribution in [0.3, 0.4) is 0 Å². The summed E-state index contributed by atoms with van der Waals surface area (Å²) >= 11 is 2.51. The number of unbranched alkanes of at least 4 members (excludes halogenated alkanes) is 1. The molecule has 0 spiro atoms. The van der Waals surface area contributed by atoms with Gasteiger partial charge in [0.25, 0.3) is 0 Å². The van der Waals surface area contributed by atoms with E-state index in [1.54, 1.807) is 0 Å². The van der Waals surface area contributed by atoms with E-state index in [-0.39, 0.29) is 6.29 Å². The number of alkyl halides is 1. The maximum atomic E-state index is 5.73. The molecular formula is C14H27IO2. The van der Waals surface area contributed by atoms with Gasteiger partial charge in [-0.1, -0.05) is 42.9 Å². The molecule has 0 aromatic heterocycles. The number of rotatable bonds is 8. The SMILES string of the molecule is CC(C)C(CI)CCCCOC1CCCCO1. The highest BCUT2D eigenvalue weighted by atomic mass is 127. The third-order valence-electron chi connectivity index (χ3n) is 3.55. The van der Waals surface area contributed by atoms with Crippen molar-refractivity contribution in [3.63, 3.8) is 0 Å². The molecule has 3 heteroatoms. The Morgan fingerprint density at radius 3 is 2.71 bits per heavy atom. The molecule has 1 heterocycles. The van der Waals surface area contributed by atoms with Crippen molar-refractivity contribution in [3.05, 3.63) is 0 Å². The summed E-state index contributed by atoms with van der Waals surface area (Å²) in [6, 6.07) is 0. The van der Waals surface area contributed by atoms with Gasteiger partial charge >= 0.3 is 0 Å². The van der Waals surface area contributed by atoms with Crippen molar-refractivity contribution < 1.29 is 9.47 Å². The quantitative estimate of drug-likeness (QED) is 0.365. The van der Waals surface area contributed by atoms with E-state index in [9.17, 15) is 0 Å². The van der Waals surface area contributed by atoms with Crippen LogP contribution in [0.25, 0.3) is 0 Å². The van der Waals surface area contributed by atoms with Gasteiger partial charge in [-0.25, -0.2) is 0 Å². The summed E-state index contributed by atoms with van der Waals surface area (Å²) < 4.78 is 12.6. The fourth-order valence-electron chi connectivity index (χ4n) is 2.15. The molecule has 0 saturated carbocycles. The van der Waals surface area contributed by atoms with Gasteiger partial charge in [-0.2, -0.15) is 0 Å². The van der Waals surface area contributed by atoms with Crippen LogP contribution in [-0.4, -0.2) is 23.9 Å². The highest BCUT2D eigenvalue weighted by molar-refractivity contribution is 14.1. The van der Waals surface area contributed by atoms with Gasteiger partial charge in [0.05, 0.1) is 0 Å². The van der Waals surface area contributed by atoms with Gasteiger partial charge in [-0.15, -0.1) is 0 Å². The van der Waals surface area contributed by atoms with E-state index >= 15 is 0 Å². The molecule has 1 saturated heterocycles. The summed E-state index contributed by atoms with van der Waals surface area (Å²) in [5.41, 5.74) is 0. The summed E-state index contributed by atoms with van der Waals surface area (Å²) in [5, 5.41) is 0. The van der Waals surface area contributed by atoms with E-state index in [0.717, 1.165) is 31.5 Å². The predicted molar refractivity (Wildman–Crippen MR) is 80.6 cm³/mol.